The van der Waals surface area contributed by atoms with E-state index in [9.17, 15) is 0 Å². The van der Waals surface area contributed by atoms with E-state index < -0.39 is 0 Å². The minimum atomic E-state index is 0.219. The maximum Gasteiger partial charge on any atom is 0.0471 e. The van der Waals surface area contributed by atoms with E-state index in [4.69, 9.17) is 5.11 Å². The largest absolute Gasteiger partial charge is 0.396 e. The molecular weight excluding hydrogens is 266 g/mol. The van der Waals surface area contributed by atoms with E-state index in [-0.39, 0.29) is 18.6 Å². The Labute approximate surface area is 106 Å². The first-order valence-corrected chi connectivity index (χ1v) is 6.47. The van der Waals surface area contributed by atoms with Crippen LogP contribution in [0.3, 0.4) is 0 Å². The van der Waals surface area contributed by atoms with Gasteiger partial charge in [0, 0.05) is 23.2 Å². The molecule has 0 bridgehead atoms. The SMILES string of the molecule is CC(NC(C)C(C)CO)c1ccccc1Br. The second kappa shape index (κ2) is 6.38. The molecule has 0 heterocycles. The molecule has 0 fully saturated rings. The zero-order valence-corrected chi connectivity index (χ0v) is 11.7. The number of hydrogen-bond donors (Lipinski definition) is 2. The standard InChI is InChI=1S/C13H20BrNO/c1-9(8-16)10(2)15-11(3)12-6-4-5-7-13(12)14/h4-7,9-11,15-16H,8H2,1-3H3. The van der Waals surface area contributed by atoms with Crippen molar-refractivity contribution in [2.45, 2.75) is 32.9 Å². The van der Waals surface area contributed by atoms with Crippen molar-refractivity contribution in [1.29, 1.82) is 0 Å². The summed E-state index contributed by atoms with van der Waals surface area (Å²) in [4.78, 5) is 0. The lowest BCUT2D eigenvalue weighted by Gasteiger charge is -2.24. The highest BCUT2D eigenvalue weighted by Crippen LogP contribution is 2.23. The van der Waals surface area contributed by atoms with Crippen molar-refractivity contribution in [3.05, 3.63) is 34.3 Å². The van der Waals surface area contributed by atoms with Crippen LogP contribution in [0.15, 0.2) is 28.7 Å². The second-order valence-corrected chi connectivity index (χ2v) is 5.21. The Morgan fingerprint density at radius 2 is 1.88 bits per heavy atom. The third kappa shape index (κ3) is 3.58. The molecule has 1 rings (SSSR count). The molecule has 0 spiro atoms. The summed E-state index contributed by atoms with van der Waals surface area (Å²) in [6, 6.07) is 8.79. The van der Waals surface area contributed by atoms with Crippen LogP contribution < -0.4 is 5.32 Å². The number of benzene rings is 1. The molecule has 2 nitrogen and oxygen atoms in total. The topological polar surface area (TPSA) is 32.3 Å². The lowest BCUT2D eigenvalue weighted by atomic mass is 10.0. The molecule has 0 saturated heterocycles. The number of hydrogen-bond acceptors (Lipinski definition) is 2. The zero-order valence-electron chi connectivity index (χ0n) is 10.1. The van der Waals surface area contributed by atoms with Gasteiger partial charge in [0.05, 0.1) is 0 Å². The van der Waals surface area contributed by atoms with Crippen molar-refractivity contribution in [1.82, 2.24) is 5.32 Å². The molecule has 0 aliphatic rings. The van der Waals surface area contributed by atoms with E-state index in [2.05, 4.69) is 41.2 Å². The van der Waals surface area contributed by atoms with Gasteiger partial charge in [0.1, 0.15) is 0 Å². The molecule has 0 aliphatic carbocycles. The Kier molecular flexibility index (Phi) is 5.46. The summed E-state index contributed by atoms with van der Waals surface area (Å²) < 4.78 is 1.12. The van der Waals surface area contributed by atoms with Crippen molar-refractivity contribution >= 4 is 15.9 Å². The Morgan fingerprint density at radius 1 is 1.25 bits per heavy atom. The Hall–Kier alpha value is -0.380. The molecule has 0 aliphatic heterocycles. The van der Waals surface area contributed by atoms with Gasteiger partial charge in [-0.3, -0.25) is 0 Å². The van der Waals surface area contributed by atoms with Gasteiger partial charge in [-0.15, -0.1) is 0 Å². The molecule has 1 aromatic rings. The monoisotopic (exact) mass is 285 g/mol. The van der Waals surface area contributed by atoms with Crippen LogP contribution in [0, 0.1) is 5.92 Å². The van der Waals surface area contributed by atoms with Gasteiger partial charge in [-0.05, 0) is 31.4 Å². The summed E-state index contributed by atoms with van der Waals surface area (Å²) in [6.07, 6.45) is 0. The summed E-state index contributed by atoms with van der Waals surface area (Å²) in [5, 5.41) is 12.6. The molecule has 16 heavy (non-hydrogen) atoms. The third-order valence-electron chi connectivity index (χ3n) is 3.03. The quantitative estimate of drug-likeness (QED) is 0.871. The Balaban J connectivity index is 2.65. The third-order valence-corrected chi connectivity index (χ3v) is 3.75. The molecule has 0 amide bonds. The number of nitrogens with one attached hydrogen (secondary N) is 1. The number of rotatable bonds is 5. The van der Waals surface area contributed by atoms with Crippen LogP contribution in [0.5, 0.6) is 0 Å². The van der Waals surface area contributed by atoms with Crippen molar-refractivity contribution in [2.24, 2.45) is 5.92 Å². The molecule has 0 aromatic heterocycles. The predicted molar refractivity (Wildman–Crippen MR) is 71.4 cm³/mol. The normalized spacial score (nSPS) is 16.8. The van der Waals surface area contributed by atoms with E-state index in [1.54, 1.807) is 0 Å². The summed E-state index contributed by atoms with van der Waals surface area (Å²) in [5.74, 6) is 0.268. The van der Waals surface area contributed by atoms with Crippen LogP contribution in [-0.2, 0) is 0 Å². The fourth-order valence-corrected chi connectivity index (χ4v) is 2.26. The van der Waals surface area contributed by atoms with E-state index in [1.165, 1.54) is 5.56 Å². The minimum Gasteiger partial charge on any atom is -0.396 e. The van der Waals surface area contributed by atoms with E-state index in [0.717, 1.165) is 4.47 Å². The number of halogens is 1. The lowest BCUT2D eigenvalue weighted by Crippen LogP contribution is -2.35. The van der Waals surface area contributed by atoms with Gasteiger partial charge in [0.15, 0.2) is 0 Å². The van der Waals surface area contributed by atoms with Crippen molar-refractivity contribution in [3.63, 3.8) is 0 Å². The van der Waals surface area contributed by atoms with Gasteiger partial charge >= 0.3 is 0 Å². The van der Waals surface area contributed by atoms with Crippen LogP contribution in [0.4, 0.5) is 0 Å². The molecular formula is C13H20BrNO. The van der Waals surface area contributed by atoms with Crippen LogP contribution in [-0.4, -0.2) is 17.8 Å². The van der Waals surface area contributed by atoms with Crippen LogP contribution >= 0.6 is 15.9 Å². The average Bonchev–Trinajstić information content (AvgIpc) is 2.28. The molecule has 3 heteroatoms. The van der Waals surface area contributed by atoms with E-state index in [1.807, 2.05) is 25.1 Å². The summed E-state index contributed by atoms with van der Waals surface area (Å²) in [6.45, 7) is 6.51. The highest BCUT2D eigenvalue weighted by Gasteiger charge is 2.15. The van der Waals surface area contributed by atoms with Gasteiger partial charge in [0.2, 0.25) is 0 Å². The first-order valence-electron chi connectivity index (χ1n) is 5.67. The number of aliphatic hydroxyl groups is 1. The predicted octanol–water partition coefficient (Wildman–Crippen LogP) is 3.12. The minimum absolute atomic E-state index is 0.219. The Morgan fingerprint density at radius 3 is 2.44 bits per heavy atom. The van der Waals surface area contributed by atoms with Gasteiger partial charge < -0.3 is 10.4 Å². The maximum atomic E-state index is 9.09. The lowest BCUT2D eigenvalue weighted by molar-refractivity contribution is 0.202. The van der Waals surface area contributed by atoms with Crippen LogP contribution in [0.2, 0.25) is 0 Å². The smallest absolute Gasteiger partial charge is 0.0471 e. The second-order valence-electron chi connectivity index (χ2n) is 4.36. The van der Waals surface area contributed by atoms with Gasteiger partial charge in [-0.1, -0.05) is 41.1 Å². The molecule has 0 saturated carbocycles. The number of aliphatic hydroxyl groups excluding tert-OH is 1. The van der Waals surface area contributed by atoms with Gasteiger partial charge in [-0.25, -0.2) is 0 Å². The molecule has 0 radical (unpaired) electrons. The van der Waals surface area contributed by atoms with E-state index in [0.29, 0.717) is 6.04 Å². The molecule has 3 atom stereocenters. The zero-order chi connectivity index (χ0) is 12.1. The average molecular weight is 286 g/mol. The molecule has 2 N–H and O–H groups in total. The molecule has 3 unspecified atom stereocenters. The maximum absolute atomic E-state index is 9.09. The van der Waals surface area contributed by atoms with Gasteiger partial charge in [-0.2, -0.15) is 0 Å². The molecule has 1 aromatic carbocycles. The highest BCUT2D eigenvalue weighted by molar-refractivity contribution is 9.10. The summed E-state index contributed by atoms with van der Waals surface area (Å²) in [5.41, 5.74) is 1.25. The van der Waals surface area contributed by atoms with Crippen molar-refractivity contribution in [3.8, 4) is 0 Å². The van der Waals surface area contributed by atoms with Gasteiger partial charge in [0.25, 0.3) is 0 Å². The summed E-state index contributed by atoms with van der Waals surface area (Å²) in [7, 11) is 0. The fourth-order valence-electron chi connectivity index (χ4n) is 1.63. The first-order chi connectivity index (χ1) is 7.56. The first kappa shape index (κ1) is 13.7. The highest BCUT2D eigenvalue weighted by atomic mass is 79.9. The molecule has 90 valence electrons. The summed E-state index contributed by atoms with van der Waals surface area (Å²) >= 11 is 3.55. The van der Waals surface area contributed by atoms with Crippen molar-refractivity contribution in [2.75, 3.05) is 6.61 Å². The van der Waals surface area contributed by atoms with E-state index >= 15 is 0 Å². The van der Waals surface area contributed by atoms with Crippen molar-refractivity contribution < 1.29 is 5.11 Å². The Bertz CT molecular complexity index is 329. The van der Waals surface area contributed by atoms with Crippen LogP contribution in [0.1, 0.15) is 32.4 Å². The van der Waals surface area contributed by atoms with Crippen LogP contribution in [0.25, 0.3) is 0 Å². The fraction of sp³-hybridized carbons (Fsp3) is 0.538.